The first-order valence-electron chi connectivity index (χ1n) is 3.07. The number of thiol groups is 1. The van der Waals surface area contributed by atoms with Crippen LogP contribution in [-0.2, 0) is 4.79 Å². The normalized spacial score (nSPS) is 11.6. The molecule has 0 aromatic carbocycles. The summed E-state index contributed by atoms with van der Waals surface area (Å²) in [6.45, 7) is 1.39. The van der Waals surface area contributed by atoms with Gasteiger partial charge in [-0.05, 0) is 0 Å². The lowest BCUT2D eigenvalue weighted by molar-refractivity contribution is -0.112. The van der Waals surface area contributed by atoms with Crippen molar-refractivity contribution in [2.75, 3.05) is 0 Å². The van der Waals surface area contributed by atoms with Crippen molar-refractivity contribution in [2.24, 2.45) is 0 Å². The third-order valence-electron chi connectivity index (χ3n) is 1.22. The first-order chi connectivity index (χ1) is 4.48. The lowest BCUT2D eigenvalue weighted by Gasteiger charge is -2.11. The molecule has 0 N–H and O–H groups in total. The molecule has 0 saturated heterocycles. The van der Waals surface area contributed by atoms with E-state index in [1.54, 1.807) is 0 Å². The summed E-state index contributed by atoms with van der Waals surface area (Å²) in [5, 5.41) is -0.479. The average Bonchev–Trinajstić information content (AvgIpc) is 1.85. The fourth-order valence-corrected chi connectivity index (χ4v) is 0.578. The highest BCUT2D eigenvalue weighted by Crippen LogP contribution is 2.23. The zero-order valence-corrected chi connectivity index (χ0v) is 6.63. The van der Waals surface area contributed by atoms with Gasteiger partial charge in [-0.25, -0.2) is 8.78 Å². The van der Waals surface area contributed by atoms with Crippen LogP contribution in [0.15, 0.2) is 0 Å². The Morgan fingerprint density at radius 3 is 2.40 bits per heavy atom. The molecule has 4 heteroatoms. The molecule has 0 aliphatic heterocycles. The van der Waals surface area contributed by atoms with E-state index >= 15 is 0 Å². The van der Waals surface area contributed by atoms with E-state index in [0.29, 0.717) is 0 Å². The van der Waals surface area contributed by atoms with Gasteiger partial charge in [0, 0.05) is 19.3 Å². The first kappa shape index (κ1) is 9.88. The molecule has 0 aromatic rings. The van der Waals surface area contributed by atoms with Gasteiger partial charge in [0.2, 0.25) is 5.92 Å². The predicted octanol–water partition coefficient (Wildman–Crippen LogP) is 2.27. The van der Waals surface area contributed by atoms with Gasteiger partial charge in [-0.15, -0.1) is 12.6 Å². The summed E-state index contributed by atoms with van der Waals surface area (Å²) in [7, 11) is 0. The monoisotopic (exact) mass is 168 g/mol. The van der Waals surface area contributed by atoms with Crippen LogP contribution >= 0.6 is 12.6 Å². The summed E-state index contributed by atoms with van der Waals surface area (Å²) in [6, 6.07) is 0. The summed E-state index contributed by atoms with van der Waals surface area (Å²) in [5.41, 5.74) is 0. The molecule has 0 unspecified atom stereocenters. The van der Waals surface area contributed by atoms with Gasteiger partial charge in [0.05, 0.1) is 0 Å². The summed E-state index contributed by atoms with van der Waals surface area (Å²) >= 11 is 3.38. The van der Waals surface area contributed by atoms with Gasteiger partial charge >= 0.3 is 0 Å². The van der Waals surface area contributed by atoms with Crippen molar-refractivity contribution in [3.63, 3.8) is 0 Å². The van der Waals surface area contributed by atoms with Crippen LogP contribution in [0.3, 0.4) is 0 Å². The fraction of sp³-hybridized carbons (Fsp3) is 0.833. The van der Waals surface area contributed by atoms with E-state index in [9.17, 15) is 13.6 Å². The van der Waals surface area contributed by atoms with E-state index in [1.807, 2.05) is 0 Å². The Bertz CT molecular complexity index is 125. The smallest absolute Gasteiger partial charge is 0.248 e. The molecule has 0 aliphatic rings. The van der Waals surface area contributed by atoms with Crippen LogP contribution in [0.4, 0.5) is 8.78 Å². The second kappa shape index (κ2) is 3.91. The Kier molecular flexibility index (Phi) is 3.86. The van der Waals surface area contributed by atoms with Gasteiger partial charge in [-0.3, -0.25) is 4.79 Å². The van der Waals surface area contributed by atoms with Crippen LogP contribution < -0.4 is 0 Å². The fourth-order valence-electron chi connectivity index (χ4n) is 0.467. The van der Waals surface area contributed by atoms with Gasteiger partial charge in [0.1, 0.15) is 0 Å². The number of hydrogen-bond acceptors (Lipinski definition) is 1. The zero-order chi connectivity index (χ0) is 8.20. The molecular weight excluding hydrogens is 158 g/mol. The van der Waals surface area contributed by atoms with Crippen LogP contribution in [0.1, 0.15) is 26.2 Å². The van der Waals surface area contributed by atoms with E-state index < -0.39 is 11.0 Å². The third kappa shape index (κ3) is 4.73. The van der Waals surface area contributed by atoms with Crippen molar-refractivity contribution in [1.82, 2.24) is 0 Å². The van der Waals surface area contributed by atoms with Gasteiger partial charge in [-0.2, -0.15) is 0 Å². The highest BCUT2D eigenvalue weighted by molar-refractivity contribution is 7.96. The minimum absolute atomic E-state index is 0.149. The zero-order valence-electron chi connectivity index (χ0n) is 5.73. The minimum Gasteiger partial charge on any atom is -0.288 e. The molecule has 0 heterocycles. The molecule has 0 saturated carbocycles. The maximum Gasteiger partial charge on any atom is 0.248 e. The Morgan fingerprint density at radius 2 is 2.10 bits per heavy atom. The molecule has 0 rings (SSSR count). The van der Waals surface area contributed by atoms with E-state index in [2.05, 4.69) is 12.6 Å². The average molecular weight is 168 g/mol. The molecule has 0 radical (unpaired) electrons. The van der Waals surface area contributed by atoms with Crippen molar-refractivity contribution in [3.8, 4) is 0 Å². The predicted molar refractivity (Wildman–Crippen MR) is 38.5 cm³/mol. The van der Waals surface area contributed by atoms with Gasteiger partial charge in [0.25, 0.3) is 0 Å². The van der Waals surface area contributed by atoms with Crippen LogP contribution in [-0.4, -0.2) is 11.0 Å². The quantitative estimate of drug-likeness (QED) is 0.637. The molecule has 0 spiro atoms. The van der Waals surface area contributed by atoms with Crippen LogP contribution in [0.5, 0.6) is 0 Å². The number of carbonyl (C=O) groups is 1. The molecular formula is C6H10F2OS. The van der Waals surface area contributed by atoms with Crippen molar-refractivity contribution in [2.45, 2.75) is 32.1 Å². The highest BCUT2D eigenvalue weighted by Gasteiger charge is 2.25. The maximum atomic E-state index is 12.3. The van der Waals surface area contributed by atoms with Gasteiger partial charge in [0.15, 0.2) is 5.12 Å². The lowest BCUT2D eigenvalue weighted by Crippen LogP contribution is -2.14. The maximum absolute atomic E-state index is 12.3. The van der Waals surface area contributed by atoms with E-state index in [-0.39, 0.29) is 19.3 Å². The largest absolute Gasteiger partial charge is 0.288 e. The molecule has 0 aliphatic carbocycles. The Hall–Kier alpha value is -0.120. The van der Waals surface area contributed by atoms with E-state index in [0.717, 1.165) is 0 Å². The highest BCUT2D eigenvalue weighted by atomic mass is 32.1. The van der Waals surface area contributed by atoms with E-state index in [1.165, 1.54) is 6.92 Å². The molecule has 60 valence electrons. The molecule has 0 fully saturated rings. The number of alkyl halides is 2. The molecule has 0 bridgehead atoms. The van der Waals surface area contributed by atoms with Gasteiger partial charge in [-0.1, -0.05) is 6.92 Å². The summed E-state index contributed by atoms with van der Waals surface area (Å²) in [5.74, 6) is -2.70. The molecule has 0 aromatic heterocycles. The van der Waals surface area contributed by atoms with Gasteiger partial charge < -0.3 is 0 Å². The van der Waals surface area contributed by atoms with Crippen LogP contribution in [0.25, 0.3) is 0 Å². The SMILES string of the molecule is CCC(F)(F)CCC(=O)S. The van der Waals surface area contributed by atoms with Crippen LogP contribution in [0.2, 0.25) is 0 Å². The third-order valence-corrected chi connectivity index (χ3v) is 1.45. The molecule has 0 amide bonds. The molecule has 1 nitrogen and oxygen atoms in total. The minimum atomic E-state index is -2.70. The summed E-state index contributed by atoms with van der Waals surface area (Å²) in [4.78, 5) is 10.1. The van der Waals surface area contributed by atoms with Crippen molar-refractivity contribution < 1.29 is 13.6 Å². The molecule has 0 atom stereocenters. The lowest BCUT2D eigenvalue weighted by atomic mass is 10.1. The molecule has 10 heavy (non-hydrogen) atoms. The second-order valence-electron chi connectivity index (χ2n) is 2.10. The number of hydrogen-bond donors (Lipinski definition) is 1. The topological polar surface area (TPSA) is 17.1 Å². The van der Waals surface area contributed by atoms with Crippen LogP contribution in [0, 0.1) is 0 Å². The van der Waals surface area contributed by atoms with E-state index in [4.69, 9.17) is 0 Å². The summed E-state index contributed by atoms with van der Waals surface area (Å²) < 4.78 is 24.7. The number of rotatable bonds is 4. The van der Waals surface area contributed by atoms with Crippen molar-refractivity contribution in [3.05, 3.63) is 0 Å². The Balaban J connectivity index is 3.56. The summed E-state index contributed by atoms with van der Waals surface area (Å²) in [6.07, 6.45) is -0.746. The Morgan fingerprint density at radius 1 is 1.60 bits per heavy atom. The van der Waals surface area contributed by atoms with Crippen molar-refractivity contribution >= 4 is 17.7 Å². The second-order valence-corrected chi connectivity index (χ2v) is 2.60. The first-order valence-corrected chi connectivity index (χ1v) is 3.52. The number of halogens is 2. The number of carbonyl (C=O) groups excluding carboxylic acids is 1. The standard InChI is InChI=1S/C6H10F2OS/c1-2-6(7,8)4-3-5(9)10/h2-4H2,1H3,(H,9,10). The Labute approximate surface area is 64.2 Å². The van der Waals surface area contributed by atoms with Crippen molar-refractivity contribution in [1.29, 1.82) is 0 Å².